The van der Waals surface area contributed by atoms with Crippen LogP contribution in [-0.2, 0) is 12.8 Å². The van der Waals surface area contributed by atoms with Crippen LogP contribution in [0.5, 0.6) is 0 Å². The van der Waals surface area contributed by atoms with E-state index in [0.29, 0.717) is 41.6 Å². The summed E-state index contributed by atoms with van der Waals surface area (Å²) < 4.78 is 43.1. The van der Waals surface area contributed by atoms with Crippen LogP contribution in [0, 0.1) is 17.5 Å². The maximum absolute atomic E-state index is 14.3. The number of nitrogens with one attached hydrogen (secondary N) is 2. The zero-order valence-corrected chi connectivity index (χ0v) is 14.9. The Kier molecular flexibility index (Phi) is 3.85. The maximum atomic E-state index is 14.3. The summed E-state index contributed by atoms with van der Waals surface area (Å²) in [7, 11) is 0. The number of hydrogen-bond acceptors (Lipinski definition) is 4. The summed E-state index contributed by atoms with van der Waals surface area (Å²) in [5.41, 5.74) is 8.81. The highest BCUT2D eigenvalue weighted by Crippen LogP contribution is 2.34. The van der Waals surface area contributed by atoms with E-state index in [4.69, 9.17) is 5.73 Å². The van der Waals surface area contributed by atoms with Crippen molar-refractivity contribution in [2.45, 2.75) is 24.8 Å². The number of aromatic nitrogens is 5. The maximum Gasteiger partial charge on any atom is 0.340 e. The number of pyridine rings is 1. The molecular weight excluding hydrogens is 385 g/mol. The number of rotatable bonds is 2. The largest absolute Gasteiger partial charge is 0.340 e. The van der Waals surface area contributed by atoms with E-state index in [1.165, 1.54) is 0 Å². The Bertz CT molecular complexity index is 1310. The molecule has 10 heteroatoms. The average Bonchev–Trinajstić information content (AvgIpc) is 3.27. The lowest BCUT2D eigenvalue weighted by Crippen LogP contribution is -2.37. The van der Waals surface area contributed by atoms with Crippen molar-refractivity contribution in [3.8, 4) is 11.4 Å². The van der Waals surface area contributed by atoms with Gasteiger partial charge in [-0.2, -0.15) is 5.10 Å². The van der Waals surface area contributed by atoms with Crippen molar-refractivity contribution in [2.24, 2.45) is 5.73 Å². The first-order chi connectivity index (χ1) is 13.9. The number of H-pyrrole nitrogens is 2. The minimum atomic E-state index is -1.23. The molecule has 7 nitrogen and oxygen atoms in total. The fourth-order valence-corrected chi connectivity index (χ4v) is 3.97. The summed E-state index contributed by atoms with van der Waals surface area (Å²) in [5, 5.41) is 6.22. The molecule has 0 fully saturated rings. The van der Waals surface area contributed by atoms with Crippen molar-refractivity contribution in [3.05, 3.63) is 75.3 Å². The van der Waals surface area contributed by atoms with Gasteiger partial charge in [-0.1, -0.05) is 0 Å². The van der Waals surface area contributed by atoms with Gasteiger partial charge in [0.05, 0.1) is 5.69 Å². The summed E-state index contributed by atoms with van der Waals surface area (Å²) >= 11 is 0. The third kappa shape index (κ3) is 2.83. The smallest absolute Gasteiger partial charge is 0.327 e. The topological polar surface area (TPSA) is 105 Å². The van der Waals surface area contributed by atoms with E-state index >= 15 is 0 Å². The molecule has 0 saturated carbocycles. The first-order valence-electron chi connectivity index (χ1n) is 8.95. The van der Waals surface area contributed by atoms with E-state index in [0.717, 1.165) is 11.8 Å². The van der Waals surface area contributed by atoms with Crippen LogP contribution in [0.2, 0.25) is 0 Å². The van der Waals surface area contributed by atoms with Crippen LogP contribution in [-0.4, -0.2) is 30.6 Å². The van der Waals surface area contributed by atoms with Crippen molar-refractivity contribution >= 4 is 5.65 Å². The Hall–Kier alpha value is -3.40. The molecule has 4 N–H and O–H groups in total. The zero-order chi connectivity index (χ0) is 20.3. The summed E-state index contributed by atoms with van der Waals surface area (Å²) in [4.78, 5) is 18.5. The van der Waals surface area contributed by atoms with Gasteiger partial charge in [0.1, 0.15) is 11.5 Å². The number of halogens is 3. The number of aromatic amines is 2. The van der Waals surface area contributed by atoms with Crippen LogP contribution in [0.3, 0.4) is 0 Å². The normalized spacial score (nSPS) is 18.9. The standard InChI is InChI=1S/C19H15F3N6O/c20-11-6-13(22)12(21)4-9(11)10-5-15-16(7-14(10)23)28-2-1-8(3-17(28)24-15)18-25-19(29)27-26-18/h1-4,6,10,14H,5,7,23H2,(H2,25,26,27,29). The minimum absolute atomic E-state index is 0.0499. The van der Waals surface area contributed by atoms with Crippen LogP contribution >= 0.6 is 0 Å². The molecule has 0 amide bonds. The molecule has 148 valence electrons. The zero-order valence-electron chi connectivity index (χ0n) is 14.9. The Morgan fingerprint density at radius 1 is 1.10 bits per heavy atom. The van der Waals surface area contributed by atoms with Crippen LogP contribution in [0.4, 0.5) is 13.2 Å². The second kappa shape index (κ2) is 6.31. The first kappa shape index (κ1) is 17.7. The molecule has 29 heavy (non-hydrogen) atoms. The van der Waals surface area contributed by atoms with E-state index in [9.17, 15) is 18.0 Å². The van der Waals surface area contributed by atoms with Gasteiger partial charge < -0.3 is 10.1 Å². The number of benzene rings is 1. The number of fused-ring (bicyclic) bond motifs is 3. The molecule has 1 aromatic carbocycles. The molecule has 0 saturated heterocycles. The van der Waals surface area contributed by atoms with Gasteiger partial charge in [0.25, 0.3) is 0 Å². The van der Waals surface area contributed by atoms with Gasteiger partial charge in [-0.05, 0) is 30.2 Å². The molecule has 2 atom stereocenters. The lowest BCUT2D eigenvalue weighted by atomic mass is 9.80. The lowest BCUT2D eigenvalue weighted by Gasteiger charge is -2.29. The van der Waals surface area contributed by atoms with Gasteiger partial charge >= 0.3 is 5.69 Å². The van der Waals surface area contributed by atoms with Crippen molar-refractivity contribution in [1.29, 1.82) is 0 Å². The van der Waals surface area contributed by atoms with Gasteiger partial charge in [-0.15, -0.1) is 0 Å². The van der Waals surface area contributed by atoms with E-state index in [2.05, 4.69) is 20.2 Å². The van der Waals surface area contributed by atoms with Gasteiger partial charge in [0.15, 0.2) is 17.5 Å². The van der Waals surface area contributed by atoms with Gasteiger partial charge in [0, 0.05) is 41.9 Å². The van der Waals surface area contributed by atoms with Gasteiger partial charge in [-0.3, -0.25) is 4.98 Å². The van der Waals surface area contributed by atoms with E-state index < -0.39 is 35.1 Å². The van der Waals surface area contributed by atoms with Crippen LogP contribution in [0.25, 0.3) is 17.0 Å². The molecule has 0 spiro atoms. The highest BCUT2D eigenvalue weighted by atomic mass is 19.2. The highest BCUT2D eigenvalue weighted by Gasteiger charge is 2.33. The van der Waals surface area contributed by atoms with Gasteiger partial charge in [0.2, 0.25) is 0 Å². The molecule has 3 heterocycles. The summed E-state index contributed by atoms with van der Waals surface area (Å²) in [5.74, 6) is -3.29. The van der Waals surface area contributed by atoms with E-state index in [-0.39, 0.29) is 5.56 Å². The summed E-state index contributed by atoms with van der Waals surface area (Å²) in [6.45, 7) is 0. The minimum Gasteiger partial charge on any atom is -0.327 e. The van der Waals surface area contributed by atoms with E-state index in [1.807, 2.05) is 4.40 Å². The monoisotopic (exact) mass is 400 g/mol. The van der Waals surface area contributed by atoms with Crippen LogP contribution in [0.15, 0.2) is 35.3 Å². The van der Waals surface area contributed by atoms with Crippen molar-refractivity contribution in [2.75, 3.05) is 0 Å². The highest BCUT2D eigenvalue weighted by molar-refractivity contribution is 5.62. The fourth-order valence-electron chi connectivity index (χ4n) is 3.97. The third-order valence-corrected chi connectivity index (χ3v) is 5.38. The predicted octanol–water partition coefficient (Wildman–Crippen LogP) is 2.04. The second-order valence-electron chi connectivity index (χ2n) is 7.14. The molecule has 1 aliphatic carbocycles. The molecule has 0 aliphatic heterocycles. The lowest BCUT2D eigenvalue weighted by molar-refractivity contribution is 0.446. The predicted molar refractivity (Wildman–Crippen MR) is 97.8 cm³/mol. The second-order valence-corrected chi connectivity index (χ2v) is 7.14. The van der Waals surface area contributed by atoms with Gasteiger partial charge in [-0.25, -0.2) is 28.0 Å². The molecule has 0 radical (unpaired) electrons. The molecular formula is C19H15F3N6O. The van der Waals surface area contributed by atoms with Crippen LogP contribution in [0.1, 0.15) is 22.9 Å². The molecule has 1 aliphatic rings. The Morgan fingerprint density at radius 3 is 2.66 bits per heavy atom. The Balaban J connectivity index is 1.56. The van der Waals surface area contributed by atoms with Crippen LogP contribution < -0.4 is 11.4 Å². The fraction of sp³-hybridized carbons (Fsp3) is 0.211. The SMILES string of the molecule is NC1Cc2c(nc3cc(-c4n[nH]c(=O)[nH]4)ccn23)CC1c1cc(F)c(F)cc1F. The number of imidazole rings is 1. The van der Waals surface area contributed by atoms with Crippen molar-refractivity contribution < 1.29 is 13.2 Å². The van der Waals surface area contributed by atoms with Crippen molar-refractivity contribution in [1.82, 2.24) is 24.6 Å². The molecule has 3 aromatic heterocycles. The Labute approximate surface area is 161 Å². The van der Waals surface area contributed by atoms with E-state index in [1.54, 1.807) is 18.3 Å². The first-order valence-corrected chi connectivity index (χ1v) is 8.95. The third-order valence-electron chi connectivity index (χ3n) is 5.38. The Morgan fingerprint density at radius 2 is 1.90 bits per heavy atom. The summed E-state index contributed by atoms with van der Waals surface area (Å²) in [6.07, 6.45) is 2.50. The molecule has 4 aromatic rings. The average molecular weight is 400 g/mol. The number of hydrogen-bond donors (Lipinski definition) is 3. The number of nitrogens with zero attached hydrogens (tertiary/aromatic N) is 3. The summed E-state index contributed by atoms with van der Waals surface area (Å²) in [6, 6.07) is 4.50. The van der Waals surface area contributed by atoms with Crippen molar-refractivity contribution in [3.63, 3.8) is 0 Å². The molecule has 2 unspecified atom stereocenters. The molecule has 0 bridgehead atoms. The number of nitrogens with two attached hydrogens (primary N) is 1. The molecule has 5 rings (SSSR count). The quantitative estimate of drug-likeness (QED) is 0.448.